The van der Waals surface area contributed by atoms with Gasteiger partial charge in [0.2, 0.25) is 5.54 Å². The van der Waals surface area contributed by atoms with Crippen molar-refractivity contribution in [2.45, 2.75) is 36.8 Å². The van der Waals surface area contributed by atoms with E-state index in [-0.39, 0.29) is 19.0 Å². The summed E-state index contributed by atoms with van der Waals surface area (Å²) in [6.45, 7) is 3.40. The lowest BCUT2D eigenvalue weighted by molar-refractivity contribution is -0.166. The number of hydrogen-bond donors (Lipinski definition) is 1. The van der Waals surface area contributed by atoms with Gasteiger partial charge in [-0.25, -0.2) is 9.59 Å². The molecule has 0 bridgehead atoms. The summed E-state index contributed by atoms with van der Waals surface area (Å²) in [5.74, 6) is -2.52. The fraction of sp³-hybridized carbons (Fsp3) is 0.300. The molecule has 3 aromatic carbocycles. The first-order chi connectivity index (χ1) is 18.4. The minimum atomic E-state index is -2.05. The van der Waals surface area contributed by atoms with Crippen molar-refractivity contribution in [1.29, 1.82) is 0 Å². The molecule has 196 valence electrons. The molecule has 2 aliphatic heterocycles. The van der Waals surface area contributed by atoms with Crippen molar-refractivity contribution in [2.24, 2.45) is 0 Å². The van der Waals surface area contributed by atoms with Crippen molar-refractivity contribution in [3.05, 3.63) is 95.6 Å². The Morgan fingerprint density at radius 3 is 2.08 bits per heavy atom. The summed E-state index contributed by atoms with van der Waals surface area (Å²) >= 11 is 0. The third-order valence-electron chi connectivity index (χ3n) is 7.37. The molecule has 0 unspecified atom stereocenters. The monoisotopic (exact) mass is 515 g/mol. The highest BCUT2D eigenvalue weighted by atomic mass is 16.6. The third kappa shape index (κ3) is 3.59. The van der Waals surface area contributed by atoms with Crippen LogP contribution in [0.2, 0.25) is 0 Å². The summed E-state index contributed by atoms with van der Waals surface area (Å²) in [5.41, 5.74) is -1.79. The molecule has 0 saturated carbocycles. The lowest BCUT2D eigenvalue weighted by Gasteiger charge is -2.42. The summed E-state index contributed by atoms with van der Waals surface area (Å²) in [6.07, 6.45) is 0. The predicted octanol–water partition coefficient (Wildman–Crippen LogP) is 3.85. The van der Waals surface area contributed by atoms with Crippen molar-refractivity contribution >= 4 is 17.9 Å². The van der Waals surface area contributed by atoms with Crippen molar-refractivity contribution in [3.8, 4) is 11.5 Å². The maximum Gasteiger partial charge on any atom is 0.338 e. The van der Waals surface area contributed by atoms with Gasteiger partial charge in [-0.3, -0.25) is 10.1 Å². The first-order valence-electron chi connectivity index (χ1n) is 12.6. The van der Waals surface area contributed by atoms with Gasteiger partial charge < -0.3 is 18.9 Å². The van der Waals surface area contributed by atoms with E-state index in [1.54, 1.807) is 56.3 Å². The summed E-state index contributed by atoms with van der Waals surface area (Å²) in [4.78, 5) is 42.3. The molecule has 0 aromatic heterocycles. The summed E-state index contributed by atoms with van der Waals surface area (Å²) in [5, 5.41) is 3.30. The molecule has 3 aromatic rings. The number of methoxy groups -OCH3 is 1. The highest BCUT2D eigenvalue weighted by Gasteiger charge is 2.76. The van der Waals surface area contributed by atoms with E-state index in [1.165, 1.54) is 7.11 Å². The van der Waals surface area contributed by atoms with Gasteiger partial charge in [0.15, 0.2) is 0 Å². The van der Waals surface area contributed by atoms with Gasteiger partial charge in [-0.1, -0.05) is 60.7 Å². The maximum absolute atomic E-state index is 14.4. The average Bonchev–Trinajstić information content (AvgIpc) is 3.29. The van der Waals surface area contributed by atoms with Crippen LogP contribution in [0, 0.1) is 0 Å². The van der Waals surface area contributed by atoms with E-state index in [1.807, 2.05) is 36.4 Å². The van der Waals surface area contributed by atoms with E-state index >= 15 is 0 Å². The van der Waals surface area contributed by atoms with E-state index in [2.05, 4.69) is 5.32 Å². The SMILES string of the molecule is CCOC(=O)C1(C(=O)OCC)N[C@@H]2c3ccc(OC)cc3OC(=O)[C@]2(c2ccccc2)[C@H]1c1ccccc1. The Morgan fingerprint density at radius 1 is 0.895 bits per heavy atom. The molecule has 1 saturated heterocycles. The van der Waals surface area contributed by atoms with E-state index in [4.69, 9.17) is 18.9 Å². The van der Waals surface area contributed by atoms with Gasteiger partial charge in [0, 0.05) is 17.5 Å². The van der Waals surface area contributed by atoms with Crippen LogP contribution >= 0.6 is 0 Å². The molecule has 3 atom stereocenters. The number of hydrogen-bond acceptors (Lipinski definition) is 8. The van der Waals surface area contributed by atoms with E-state index in [9.17, 15) is 14.4 Å². The van der Waals surface area contributed by atoms with Gasteiger partial charge in [-0.2, -0.15) is 0 Å². The normalized spacial score (nSPS) is 23.0. The maximum atomic E-state index is 14.4. The molecule has 1 N–H and O–H groups in total. The summed E-state index contributed by atoms with van der Waals surface area (Å²) in [7, 11) is 1.52. The minimum Gasteiger partial charge on any atom is -0.497 e. The van der Waals surface area contributed by atoms with E-state index < -0.39 is 40.8 Å². The molecule has 5 rings (SSSR count). The quantitative estimate of drug-likeness (QED) is 0.288. The largest absolute Gasteiger partial charge is 0.497 e. The second-order valence-corrected chi connectivity index (χ2v) is 9.20. The Bertz CT molecular complexity index is 1340. The number of rotatable bonds is 7. The molecule has 38 heavy (non-hydrogen) atoms. The lowest BCUT2D eigenvalue weighted by atomic mass is 9.59. The topological polar surface area (TPSA) is 100 Å². The Hall–Kier alpha value is -4.17. The van der Waals surface area contributed by atoms with Crippen LogP contribution in [-0.2, 0) is 29.3 Å². The molecule has 8 nitrogen and oxygen atoms in total. The Morgan fingerprint density at radius 2 is 1.50 bits per heavy atom. The van der Waals surface area contributed by atoms with Crippen molar-refractivity contribution in [3.63, 3.8) is 0 Å². The van der Waals surface area contributed by atoms with Gasteiger partial charge in [-0.05, 0) is 37.1 Å². The molecule has 8 heteroatoms. The first kappa shape index (κ1) is 25.5. The molecule has 0 aliphatic carbocycles. The number of ether oxygens (including phenoxy) is 4. The fourth-order valence-corrected chi connectivity index (χ4v) is 5.89. The van der Waals surface area contributed by atoms with Crippen molar-refractivity contribution in [2.75, 3.05) is 20.3 Å². The Labute approximate surface area is 220 Å². The van der Waals surface area contributed by atoms with Crippen LogP contribution in [0.25, 0.3) is 0 Å². The fourth-order valence-electron chi connectivity index (χ4n) is 5.89. The van der Waals surface area contributed by atoms with Crippen LogP contribution in [0.1, 0.15) is 42.5 Å². The van der Waals surface area contributed by atoms with Gasteiger partial charge in [-0.15, -0.1) is 0 Å². The van der Waals surface area contributed by atoms with Crippen LogP contribution in [0.4, 0.5) is 0 Å². The molecule has 0 amide bonds. The summed E-state index contributed by atoms with van der Waals surface area (Å²) in [6, 6.07) is 22.4. The second kappa shape index (κ2) is 9.95. The first-order valence-corrected chi connectivity index (χ1v) is 12.6. The van der Waals surface area contributed by atoms with Gasteiger partial charge in [0.25, 0.3) is 0 Å². The second-order valence-electron chi connectivity index (χ2n) is 9.20. The van der Waals surface area contributed by atoms with E-state index in [0.29, 0.717) is 22.4 Å². The predicted molar refractivity (Wildman–Crippen MR) is 138 cm³/mol. The third-order valence-corrected chi connectivity index (χ3v) is 7.37. The number of benzene rings is 3. The number of nitrogens with one attached hydrogen (secondary N) is 1. The van der Waals surface area contributed by atoms with Crippen LogP contribution < -0.4 is 14.8 Å². The molecule has 0 spiro atoms. The zero-order chi connectivity index (χ0) is 26.9. The highest BCUT2D eigenvalue weighted by Crippen LogP contribution is 2.62. The van der Waals surface area contributed by atoms with E-state index in [0.717, 1.165) is 0 Å². The van der Waals surface area contributed by atoms with Crippen LogP contribution in [0.15, 0.2) is 78.9 Å². The van der Waals surface area contributed by atoms with Crippen LogP contribution in [0.5, 0.6) is 11.5 Å². The Balaban J connectivity index is 1.90. The number of carbonyl (C=O) groups is 3. The van der Waals surface area contributed by atoms with Gasteiger partial charge in [0.1, 0.15) is 16.9 Å². The van der Waals surface area contributed by atoms with Crippen LogP contribution in [-0.4, -0.2) is 43.8 Å². The number of fused-ring (bicyclic) bond motifs is 3. The number of carbonyl (C=O) groups excluding carboxylic acids is 3. The van der Waals surface area contributed by atoms with Gasteiger partial charge >= 0.3 is 17.9 Å². The summed E-state index contributed by atoms with van der Waals surface area (Å²) < 4.78 is 22.4. The zero-order valence-corrected chi connectivity index (χ0v) is 21.4. The smallest absolute Gasteiger partial charge is 0.338 e. The highest BCUT2D eigenvalue weighted by molar-refractivity contribution is 6.10. The molecular formula is C30H29NO7. The zero-order valence-electron chi connectivity index (χ0n) is 21.4. The standard InChI is InChI=1S/C30H29NO7/c1-4-36-27(33)30(28(34)37-5-2)24(19-12-8-6-9-13-19)29(20-14-10-7-11-15-20)25(31-30)22-17-16-21(35-3)18-23(22)38-26(29)32/h6-18,24-25,31H,4-5H2,1-3H3/t24-,25-,29-/m1/s1. The van der Waals surface area contributed by atoms with Crippen LogP contribution in [0.3, 0.4) is 0 Å². The minimum absolute atomic E-state index is 0.0322. The van der Waals surface area contributed by atoms with Crippen molar-refractivity contribution in [1.82, 2.24) is 5.32 Å². The number of esters is 3. The molecule has 2 heterocycles. The molecule has 0 radical (unpaired) electrons. The lowest BCUT2D eigenvalue weighted by Crippen LogP contribution is -2.60. The molecule has 2 aliphatic rings. The molecular weight excluding hydrogens is 486 g/mol. The van der Waals surface area contributed by atoms with Gasteiger partial charge in [0.05, 0.1) is 26.4 Å². The Kier molecular flexibility index (Phi) is 6.67. The molecule has 1 fully saturated rings. The van der Waals surface area contributed by atoms with Crippen molar-refractivity contribution < 1.29 is 33.3 Å². The average molecular weight is 516 g/mol.